The van der Waals surface area contributed by atoms with Crippen molar-refractivity contribution in [1.82, 2.24) is 0 Å². The molecule has 3 heteroatoms. The van der Waals surface area contributed by atoms with E-state index in [0.717, 1.165) is 22.6 Å². The quantitative estimate of drug-likeness (QED) is 0.550. The highest BCUT2D eigenvalue weighted by Gasteiger charge is 2.08. The van der Waals surface area contributed by atoms with Crippen LogP contribution in [-0.4, -0.2) is 12.9 Å². The van der Waals surface area contributed by atoms with E-state index in [1.54, 1.807) is 13.2 Å². The van der Waals surface area contributed by atoms with Crippen molar-refractivity contribution in [3.8, 4) is 5.75 Å². The molecule has 0 aromatic carbocycles. The zero-order valence-electron chi connectivity index (χ0n) is 8.50. The van der Waals surface area contributed by atoms with Gasteiger partial charge in [-0.2, -0.15) is 0 Å². The molecular formula is C11H14O2S. The molecule has 2 nitrogen and oxygen atoms in total. The van der Waals surface area contributed by atoms with Gasteiger partial charge in [0, 0.05) is 17.9 Å². The molecule has 0 spiro atoms. The van der Waals surface area contributed by atoms with Gasteiger partial charge in [-0.1, -0.05) is 5.57 Å². The summed E-state index contributed by atoms with van der Waals surface area (Å²) in [4.78, 5) is 12.4. The lowest BCUT2D eigenvalue weighted by Gasteiger charge is -1.96. The first kappa shape index (κ1) is 11.0. The minimum absolute atomic E-state index is 0.168. The SMILES string of the molecule is C=C(C)CCC(=O)c1cc(OC)cs1. The number of thiophene rings is 1. The Morgan fingerprint density at radius 2 is 2.29 bits per heavy atom. The highest BCUT2D eigenvalue weighted by molar-refractivity contribution is 7.12. The van der Waals surface area contributed by atoms with Crippen LogP contribution in [0.5, 0.6) is 5.75 Å². The lowest BCUT2D eigenvalue weighted by atomic mass is 10.1. The normalized spacial score (nSPS) is 9.86. The third-order valence-electron chi connectivity index (χ3n) is 1.86. The molecule has 0 amide bonds. The Balaban J connectivity index is 2.56. The summed E-state index contributed by atoms with van der Waals surface area (Å²) in [7, 11) is 1.60. The van der Waals surface area contributed by atoms with Crippen molar-refractivity contribution in [1.29, 1.82) is 0 Å². The molecule has 0 bridgehead atoms. The number of rotatable bonds is 5. The van der Waals surface area contributed by atoms with Gasteiger partial charge in [0.25, 0.3) is 0 Å². The predicted octanol–water partition coefficient (Wildman–Crippen LogP) is 3.30. The molecule has 0 N–H and O–H groups in total. The second kappa shape index (κ2) is 4.96. The predicted molar refractivity (Wildman–Crippen MR) is 59.2 cm³/mol. The first-order valence-electron chi connectivity index (χ1n) is 4.43. The maximum atomic E-state index is 11.6. The monoisotopic (exact) mass is 210 g/mol. The van der Waals surface area contributed by atoms with Gasteiger partial charge >= 0.3 is 0 Å². The maximum absolute atomic E-state index is 11.6. The van der Waals surface area contributed by atoms with E-state index in [2.05, 4.69) is 6.58 Å². The smallest absolute Gasteiger partial charge is 0.173 e. The molecular weight excluding hydrogens is 196 g/mol. The maximum Gasteiger partial charge on any atom is 0.173 e. The standard InChI is InChI=1S/C11H14O2S/c1-8(2)4-5-10(12)11-6-9(13-3)7-14-11/h6-7H,1,4-5H2,2-3H3. The van der Waals surface area contributed by atoms with E-state index >= 15 is 0 Å². The molecule has 0 radical (unpaired) electrons. The molecule has 0 aliphatic carbocycles. The van der Waals surface area contributed by atoms with Crippen molar-refractivity contribution in [2.75, 3.05) is 7.11 Å². The van der Waals surface area contributed by atoms with Crippen molar-refractivity contribution in [2.45, 2.75) is 19.8 Å². The average Bonchev–Trinajstić information content (AvgIpc) is 2.62. The van der Waals surface area contributed by atoms with E-state index < -0.39 is 0 Å². The summed E-state index contributed by atoms with van der Waals surface area (Å²) in [5.74, 6) is 0.926. The van der Waals surface area contributed by atoms with Gasteiger partial charge in [-0.05, 0) is 13.3 Å². The Labute approximate surface area is 88.2 Å². The van der Waals surface area contributed by atoms with Crippen LogP contribution in [0.3, 0.4) is 0 Å². The molecule has 0 aliphatic rings. The Morgan fingerprint density at radius 3 is 2.79 bits per heavy atom. The van der Waals surface area contributed by atoms with Gasteiger partial charge in [-0.25, -0.2) is 0 Å². The largest absolute Gasteiger partial charge is 0.496 e. The number of allylic oxidation sites excluding steroid dienone is 1. The van der Waals surface area contributed by atoms with E-state index in [0.29, 0.717) is 6.42 Å². The molecule has 1 heterocycles. The molecule has 0 unspecified atom stereocenters. The topological polar surface area (TPSA) is 26.3 Å². The highest BCUT2D eigenvalue weighted by Crippen LogP contribution is 2.23. The molecule has 1 aromatic rings. The van der Waals surface area contributed by atoms with Gasteiger partial charge in [0.2, 0.25) is 0 Å². The van der Waals surface area contributed by atoms with Gasteiger partial charge in [-0.15, -0.1) is 17.9 Å². The van der Waals surface area contributed by atoms with E-state index in [4.69, 9.17) is 4.74 Å². The lowest BCUT2D eigenvalue weighted by molar-refractivity contribution is 0.0986. The molecule has 0 fully saturated rings. The number of hydrogen-bond acceptors (Lipinski definition) is 3. The van der Waals surface area contributed by atoms with Crippen molar-refractivity contribution in [3.05, 3.63) is 28.5 Å². The van der Waals surface area contributed by atoms with E-state index in [1.807, 2.05) is 12.3 Å². The zero-order valence-corrected chi connectivity index (χ0v) is 9.32. The third kappa shape index (κ3) is 3.00. The van der Waals surface area contributed by atoms with Crippen LogP contribution < -0.4 is 4.74 Å². The summed E-state index contributed by atoms with van der Waals surface area (Å²) in [5.41, 5.74) is 1.04. The second-order valence-corrected chi connectivity index (χ2v) is 4.14. The Bertz CT molecular complexity index is 339. The second-order valence-electron chi connectivity index (χ2n) is 3.23. The number of hydrogen-bond donors (Lipinski definition) is 0. The molecule has 0 saturated heterocycles. The van der Waals surface area contributed by atoms with Crippen LogP contribution in [0.4, 0.5) is 0 Å². The van der Waals surface area contributed by atoms with Crippen LogP contribution in [0.15, 0.2) is 23.6 Å². The minimum Gasteiger partial charge on any atom is -0.496 e. The van der Waals surface area contributed by atoms with Gasteiger partial charge in [0.15, 0.2) is 5.78 Å². The molecule has 1 rings (SSSR count). The van der Waals surface area contributed by atoms with Crippen LogP contribution in [0.1, 0.15) is 29.4 Å². The van der Waals surface area contributed by atoms with Crippen LogP contribution in [-0.2, 0) is 0 Å². The molecule has 1 aromatic heterocycles. The Morgan fingerprint density at radius 1 is 1.57 bits per heavy atom. The van der Waals surface area contributed by atoms with Gasteiger partial charge in [0.1, 0.15) is 5.75 Å². The van der Waals surface area contributed by atoms with E-state index in [1.165, 1.54) is 11.3 Å². The molecule has 0 saturated carbocycles. The summed E-state index contributed by atoms with van der Waals surface area (Å²) in [6.07, 6.45) is 1.30. The van der Waals surface area contributed by atoms with Crippen molar-refractivity contribution < 1.29 is 9.53 Å². The minimum atomic E-state index is 0.168. The molecule has 0 atom stereocenters. The van der Waals surface area contributed by atoms with Gasteiger partial charge in [0.05, 0.1) is 12.0 Å². The number of methoxy groups -OCH3 is 1. The van der Waals surface area contributed by atoms with Gasteiger partial charge in [-0.3, -0.25) is 4.79 Å². The highest BCUT2D eigenvalue weighted by atomic mass is 32.1. The van der Waals surface area contributed by atoms with Crippen LogP contribution in [0.25, 0.3) is 0 Å². The number of ether oxygens (including phenoxy) is 1. The summed E-state index contributed by atoms with van der Waals surface area (Å²) >= 11 is 1.43. The number of ketones is 1. The fraction of sp³-hybridized carbons (Fsp3) is 0.364. The Hall–Kier alpha value is -1.09. The molecule has 0 aliphatic heterocycles. The summed E-state index contributed by atoms with van der Waals surface area (Å²) in [6, 6.07) is 1.78. The van der Waals surface area contributed by atoms with Crippen LogP contribution in [0, 0.1) is 0 Å². The number of carbonyl (C=O) groups is 1. The fourth-order valence-electron chi connectivity index (χ4n) is 1.02. The fourth-order valence-corrected chi connectivity index (χ4v) is 1.85. The van der Waals surface area contributed by atoms with E-state index in [-0.39, 0.29) is 5.78 Å². The van der Waals surface area contributed by atoms with Crippen molar-refractivity contribution in [3.63, 3.8) is 0 Å². The van der Waals surface area contributed by atoms with Crippen LogP contribution in [0.2, 0.25) is 0 Å². The molecule has 76 valence electrons. The van der Waals surface area contributed by atoms with Crippen molar-refractivity contribution in [2.24, 2.45) is 0 Å². The summed E-state index contributed by atoms with van der Waals surface area (Å²) in [6.45, 7) is 5.70. The van der Waals surface area contributed by atoms with E-state index in [9.17, 15) is 4.79 Å². The average molecular weight is 210 g/mol. The first-order valence-corrected chi connectivity index (χ1v) is 5.31. The zero-order chi connectivity index (χ0) is 10.6. The van der Waals surface area contributed by atoms with Crippen LogP contribution >= 0.6 is 11.3 Å². The third-order valence-corrected chi connectivity index (χ3v) is 2.81. The lowest BCUT2D eigenvalue weighted by Crippen LogP contribution is -1.95. The van der Waals surface area contributed by atoms with Gasteiger partial charge < -0.3 is 4.74 Å². The summed E-state index contributed by atoms with van der Waals surface area (Å²) in [5, 5.41) is 1.84. The summed E-state index contributed by atoms with van der Waals surface area (Å²) < 4.78 is 5.01. The first-order chi connectivity index (χ1) is 6.63. The number of carbonyl (C=O) groups excluding carboxylic acids is 1. The molecule has 14 heavy (non-hydrogen) atoms. The number of Topliss-reactive ketones (excluding diaryl/α,β-unsaturated/α-hetero) is 1. The van der Waals surface area contributed by atoms with Crippen molar-refractivity contribution >= 4 is 17.1 Å². The Kier molecular flexibility index (Phi) is 3.89.